The van der Waals surface area contributed by atoms with Crippen LogP contribution in [0.2, 0.25) is 0 Å². The molecule has 10 heteroatoms. The number of hydrogen-bond acceptors (Lipinski definition) is 6. The maximum atomic E-state index is 12.5. The van der Waals surface area contributed by atoms with Crippen LogP contribution in [0.5, 0.6) is 0 Å². The molecule has 2 fully saturated rings. The Morgan fingerprint density at radius 1 is 1.18 bits per heavy atom. The highest BCUT2D eigenvalue weighted by Gasteiger charge is 2.28. The van der Waals surface area contributed by atoms with Crippen LogP contribution in [0.4, 0.5) is 0 Å². The molecule has 2 saturated heterocycles. The molecule has 0 unspecified atom stereocenters. The smallest absolute Gasteiger partial charge is 0.220 e. The SMILES string of the molecule is CN=C(NCCCCN1CCCC1)N1CCN(S(=O)(=O)Cc2ccon2)CC1. The van der Waals surface area contributed by atoms with Crippen LogP contribution in [0.3, 0.4) is 0 Å². The Kier molecular flexibility index (Phi) is 7.69. The van der Waals surface area contributed by atoms with Gasteiger partial charge in [-0.3, -0.25) is 4.99 Å². The van der Waals surface area contributed by atoms with Gasteiger partial charge in [0.2, 0.25) is 10.0 Å². The molecular formula is C18H32N6O3S. The molecule has 3 heterocycles. The first-order valence-electron chi connectivity index (χ1n) is 10.1. The highest BCUT2D eigenvalue weighted by atomic mass is 32.2. The number of likely N-dealkylation sites (tertiary alicyclic amines) is 1. The maximum absolute atomic E-state index is 12.5. The van der Waals surface area contributed by atoms with Crippen molar-refractivity contribution in [1.82, 2.24) is 24.6 Å². The minimum absolute atomic E-state index is 0.118. The molecule has 158 valence electrons. The second-order valence-electron chi connectivity index (χ2n) is 7.36. The van der Waals surface area contributed by atoms with E-state index in [2.05, 4.69) is 25.3 Å². The average Bonchev–Trinajstić information content (AvgIpc) is 3.39. The highest BCUT2D eigenvalue weighted by molar-refractivity contribution is 7.88. The number of nitrogens with zero attached hydrogens (tertiary/aromatic N) is 5. The normalized spacial score (nSPS) is 20.0. The van der Waals surface area contributed by atoms with E-state index in [1.54, 1.807) is 13.1 Å². The number of aromatic nitrogens is 1. The Morgan fingerprint density at radius 2 is 1.93 bits per heavy atom. The summed E-state index contributed by atoms with van der Waals surface area (Å²) in [6, 6.07) is 1.59. The Hall–Kier alpha value is -1.65. The van der Waals surface area contributed by atoms with Crippen LogP contribution in [0, 0.1) is 0 Å². The van der Waals surface area contributed by atoms with Crippen molar-refractivity contribution < 1.29 is 12.9 Å². The molecule has 0 saturated carbocycles. The second-order valence-corrected chi connectivity index (χ2v) is 9.33. The molecule has 0 spiro atoms. The predicted octanol–water partition coefficient (Wildman–Crippen LogP) is 0.573. The molecule has 2 aliphatic rings. The van der Waals surface area contributed by atoms with Crippen molar-refractivity contribution in [2.45, 2.75) is 31.4 Å². The van der Waals surface area contributed by atoms with Crippen molar-refractivity contribution in [2.24, 2.45) is 4.99 Å². The fraction of sp³-hybridized carbons (Fsp3) is 0.778. The van der Waals surface area contributed by atoms with Crippen LogP contribution in [0.1, 0.15) is 31.4 Å². The lowest BCUT2D eigenvalue weighted by Gasteiger charge is -2.35. The van der Waals surface area contributed by atoms with Crippen LogP contribution in [-0.4, -0.2) is 93.0 Å². The molecule has 0 radical (unpaired) electrons. The molecule has 0 aromatic carbocycles. The van der Waals surface area contributed by atoms with Gasteiger partial charge in [-0.05, 0) is 45.3 Å². The topological polar surface area (TPSA) is 94.3 Å². The van der Waals surface area contributed by atoms with E-state index in [9.17, 15) is 8.42 Å². The number of piperazine rings is 1. The van der Waals surface area contributed by atoms with Gasteiger partial charge < -0.3 is 19.6 Å². The van der Waals surface area contributed by atoms with E-state index in [-0.39, 0.29) is 5.75 Å². The van der Waals surface area contributed by atoms with Crippen molar-refractivity contribution >= 4 is 16.0 Å². The van der Waals surface area contributed by atoms with Crippen LogP contribution in [0.15, 0.2) is 21.8 Å². The van der Waals surface area contributed by atoms with E-state index in [0.29, 0.717) is 31.9 Å². The fourth-order valence-corrected chi connectivity index (χ4v) is 5.19. The number of sulfonamides is 1. The number of nitrogens with one attached hydrogen (secondary N) is 1. The first kappa shape index (κ1) is 21.1. The van der Waals surface area contributed by atoms with Gasteiger partial charge in [-0.1, -0.05) is 5.16 Å². The van der Waals surface area contributed by atoms with Crippen LogP contribution in [-0.2, 0) is 15.8 Å². The van der Waals surface area contributed by atoms with Gasteiger partial charge in [0.1, 0.15) is 12.0 Å². The molecular weight excluding hydrogens is 380 g/mol. The minimum atomic E-state index is -3.38. The summed E-state index contributed by atoms with van der Waals surface area (Å²) in [4.78, 5) is 9.03. The van der Waals surface area contributed by atoms with E-state index in [1.165, 1.54) is 49.5 Å². The standard InChI is InChI=1S/C18H32N6O3S/c1-19-18(20-7-2-3-8-22-9-4-5-10-22)23-11-13-24(14-12-23)28(25,26)16-17-6-15-27-21-17/h6,15H,2-5,7-14,16H2,1H3,(H,19,20). The van der Waals surface area contributed by atoms with E-state index < -0.39 is 10.0 Å². The van der Waals surface area contributed by atoms with Crippen molar-refractivity contribution in [3.63, 3.8) is 0 Å². The first-order chi connectivity index (χ1) is 13.6. The summed E-state index contributed by atoms with van der Waals surface area (Å²) in [7, 11) is -1.60. The lowest BCUT2D eigenvalue weighted by molar-refractivity contribution is 0.259. The van der Waals surface area contributed by atoms with Gasteiger partial charge in [-0.25, -0.2) is 8.42 Å². The Bertz CT molecular complexity index is 708. The number of guanidine groups is 1. The van der Waals surface area contributed by atoms with Crippen LogP contribution in [0.25, 0.3) is 0 Å². The molecule has 0 aliphatic carbocycles. The Labute approximate surface area is 167 Å². The van der Waals surface area contributed by atoms with Crippen molar-refractivity contribution in [2.75, 3.05) is 59.4 Å². The summed E-state index contributed by atoms with van der Waals surface area (Å²) >= 11 is 0. The Balaban J connectivity index is 1.37. The van der Waals surface area contributed by atoms with E-state index in [1.807, 2.05) is 0 Å². The lowest BCUT2D eigenvalue weighted by atomic mass is 10.3. The van der Waals surface area contributed by atoms with Crippen LogP contribution < -0.4 is 5.32 Å². The molecule has 2 aliphatic heterocycles. The number of hydrogen-bond donors (Lipinski definition) is 1. The minimum Gasteiger partial charge on any atom is -0.364 e. The third kappa shape index (κ3) is 5.92. The molecule has 1 aromatic heterocycles. The molecule has 0 amide bonds. The third-order valence-corrected chi connectivity index (χ3v) is 7.16. The fourth-order valence-electron chi connectivity index (χ4n) is 3.77. The van der Waals surface area contributed by atoms with Gasteiger partial charge in [0.25, 0.3) is 0 Å². The van der Waals surface area contributed by atoms with Gasteiger partial charge in [-0.15, -0.1) is 0 Å². The maximum Gasteiger partial charge on any atom is 0.220 e. The number of rotatable bonds is 8. The Morgan fingerprint density at radius 3 is 2.57 bits per heavy atom. The number of aliphatic imine (C=N–C) groups is 1. The van der Waals surface area contributed by atoms with E-state index in [4.69, 9.17) is 4.52 Å². The zero-order valence-electron chi connectivity index (χ0n) is 16.7. The molecule has 0 atom stereocenters. The summed E-state index contributed by atoms with van der Waals surface area (Å²) in [6.45, 7) is 6.74. The van der Waals surface area contributed by atoms with E-state index >= 15 is 0 Å². The quantitative estimate of drug-likeness (QED) is 0.379. The monoisotopic (exact) mass is 412 g/mol. The molecule has 9 nitrogen and oxygen atoms in total. The molecule has 1 aromatic rings. The summed E-state index contributed by atoms with van der Waals surface area (Å²) in [6.07, 6.45) is 6.37. The first-order valence-corrected chi connectivity index (χ1v) is 11.7. The third-order valence-electron chi connectivity index (χ3n) is 5.35. The van der Waals surface area contributed by atoms with Gasteiger partial charge in [0.15, 0.2) is 5.96 Å². The van der Waals surface area contributed by atoms with Crippen molar-refractivity contribution in [3.8, 4) is 0 Å². The van der Waals surface area contributed by atoms with Gasteiger partial charge >= 0.3 is 0 Å². The summed E-state index contributed by atoms with van der Waals surface area (Å²) in [5.74, 6) is 0.739. The zero-order chi connectivity index (χ0) is 19.8. The van der Waals surface area contributed by atoms with Crippen LogP contribution >= 0.6 is 0 Å². The summed E-state index contributed by atoms with van der Waals surface area (Å²) in [5, 5.41) is 7.12. The summed E-state index contributed by atoms with van der Waals surface area (Å²) in [5.41, 5.74) is 0.439. The van der Waals surface area contributed by atoms with Gasteiger partial charge in [-0.2, -0.15) is 4.31 Å². The summed E-state index contributed by atoms with van der Waals surface area (Å²) < 4.78 is 31.3. The molecule has 3 rings (SSSR count). The predicted molar refractivity (Wildman–Crippen MR) is 109 cm³/mol. The lowest BCUT2D eigenvalue weighted by Crippen LogP contribution is -2.54. The average molecular weight is 413 g/mol. The zero-order valence-corrected chi connectivity index (χ0v) is 17.5. The molecule has 1 N–H and O–H groups in total. The van der Waals surface area contributed by atoms with Crippen molar-refractivity contribution in [3.05, 3.63) is 18.0 Å². The van der Waals surface area contributed by atoms with E-state index in [0.717, 1.165) is 18.9 Å². The van der Waals surface area contributed by atoms with Gasteiger partial charge in [0.05, 0.1) is 5.69 Å². The number of unbranched alkanes of at least 4 members (excludes halogenated alkanes) is 1. The van der Waals surface area contributed by atoms with Gasteiger partial charge in [0, 0.05) is 45.8 Å². The molecule has 28 heavy (non-hydrogen) atoms. The van der Waals surface area contributed by atoms with Crippen molar-refractivity contribution in [1.29, 1.82) is 0 Å². The largest absolute Gasteiger partial charge is 0.364 e. The second kappa shape index (κ2) is 10.2. The molecule has 0 bridgehead atoms. The highest BCUT2D eigenvalue weighted by Crippen LogP contribution is 2.13.